The van der Waals surface area contributed by atoms with E-state index in [1.165, 1.54) is 0 Å². The molecule has 0 fully saturated rings. The minimum Gasteiger partial charge on any atom is -0.478 e. The van der Waals surface area contributed by atoms with Crippen LogP contribution in [0.4, 0.5) is 5.95 Å². The zero-order valence-electron chi connectivity index (χ0n) is 12.0. The van der Waals surface area contributed by atoms with E-state index in [1.807, 2.05) is 42.6 Å². The predicted molar refractivity (Wildman–Crippen MR) is 83.4 cm³/mol. The minimum atomic E-state index is 0.668. The number of aromatic amines is 1. The number of benzene rings is 1. The molecule has 5 nitrogen and oxygen atoms in total. The van der Waals surface area contributed by atoms with Gasteiger partial charge in [0, 0.05) is 18.8 Å². The van der Waals surface area contributed by atoms with Crippen LogP contribution in [0.3, 0.4) is 0 Å². The number of nitrogens with one attached hydrogen (secondary N) is 2. The molecule has 2 heterocycles. The van der Waals surface area contributed by atoms with Crippen LogP contribution < -0.4 is 10.1 Å². The highest BCUT2D eigenvalue weighted by Crippen LogP contribution is 2.14. The first-order valence-corrected chi connectivity index (χ1v) is 7.11. The van der Waals surface area contributed by atoms with E-state index in [2.05, 4.69) is 27.2 Å². The molecule has 0 saturated heterocycles. The number of rotatable bonds is 6. The van der Waals surface area contributed by atoms with Crippen LogP contribution in [0, 0.1) is 0 Å². The molecule has 3 aromatic rings. The van der Waals surface area contributed by atoms with Gasteiger partial charge in [-0.25, -0.2) is 9.97 Å². The molecule has 0 bridgehead atoms. The van der Waals surface area contributed by atoms with Crippen molar-refractivity contribution in [2.75, 3.05) is 11.9 Å². The molecule has 0 amide bonds. The number of pyridine rings is 1. The topological polar surface area (TPSA) is 62.8 Å². The third-order valence-corrected chi connectivity index (χ3v) is 3.10. The summed E-state index contributed by atoms with van der Waals surface area (Å²) in [6, 6.07) is 11.9. The van der Waals surface area contributed by atoms with Crippen molar-refractivity contribution in [1.29, 1.82) is 0 Å². The van der Waals surface area contributed by atoms with Crippen LogP contribution in [-0.4, -0.2) is 21.6 Å². The van der Waals surface area contributed by atoms with Gasteiger partial charge in [-0.15, -0.1) is 0 Å². The summed E-state index contributed by atoms with van der Waals surface area (Å²) in [6.07, 6.45) is 2.80. The Kier molecular flexibility index (Phi) is 4.00. The SMILES string of the molecule is CCCOc1ccc(CNc2nc3ccccc3[nH]2)cn1. The summed E-state index contributed by atoms with van der Waals surface area (Å²) in [7, 11) is 0. The largest absolute Gasteiger partial charge is 0.478 e. The predicted octanol–water partition coefficient (Wildman–Crippen LogP) is 3.36. The molecule has 2 aromatic heterocycles. The van der Waals surface area contributed by atoms with E-state index in [9.17, 15) is 0 Å². The number of ether oxygens (including phenoxy) is 1. The van der Waals surface area contributed by atoms with Gasteiger partial charge >= 0.3 is 0 Å². The van der Waals surface area contributed by atoms with Crippen molar-refractivity contribution in [3.63, 3.8) is 0 Å². The van der Waals surface area contributed by atoms with Crippen LogP contribution in [0.1, 0.15) is 18.9 Å². The lowest BCUT2D eigenvalue weighted by atomic mass is 10.3. The highest BCUT2D eigenvalue weighted by molar-refractivity contribution is 5.77. The monoisotopic (exact) mass is 282 g/mol. The third kappa shape index (κ3) is 3.31. The average molecular weight is 282 g/mol. The fraction of sp³-hybridized carbons (Fsp3) is 0.250. The molecule has 0 aliphatic carbocycles. The van der Waals surface area contributed by atoms with Crippen molar-refractivity contribution in [2.45, 2.75) is 19.9 Å². The van der Waals surface area contributed by atoms with E-state index in [1.54, 1.807) is 0 Å². The standard InChI is InChI=1S/C16H18N4O/c1-2-9-21-15-8-7-12(10-17-15)11-18-16-19-13-5-3-4-6-14(13)20-16/h3-8,10H,2,9,11H2,1H3,(H2,18,19,20). The molecule has 0 radical (unpaired) electrons. The molecule has 0 aliphatic heterocycles. The molecule has 2 N–H and O–H groups in total. The molecular formula is C16H18N4O. The molecular weight excluding hydrogens is 264 g/mol. The van der Waals surface area contributed by atoms with Gasteiger partial charge < -0.3 is 15.0 Å². The van der Waals surface area contributed by atoms with Crippen LogP contribution in [0.15, 0.2) is 42.6 Å². The number of aromatic nitrogens is 3. The molecule has 0 unspecified atom stereocenters. The second-order valence-electron chi connectivity index (χ2n) is 4.81. The zero-order valence-corrected chi connectivity index (χ0v) is 12.0. The molecule has 0 saturated carbocycles. The zero-order chi connectivity index (χ0) is 14.5. The molecule has 21 heavy (non-hydrogen) atoms. The fourth-order valence-corrected chi connectivity index (χ4v) is 2.03. The minimum absolute atomic E-state index is 0.668. The molecule has 0 atom stereocenters. The number of para-hydroxylation sites is 2. The first-order valence-electron chi connectivity index (χ1n) is 7.11. The number of hydrogen-bond acceptors (Lipinski definition) is 4. The van der Waals surface area contributed by atoms with E-state index in [4.69, 9.17) is 4.74 Å². The summed E-state index contributed by atoms with van der Waals surface area (Å²) in [6.45, 7) is 3.44. The van der Waals surface area contributed by atoms with E-state index >= 15 is 0 Å². The van der Waals surface area contributed by atoms with Crippen molar-refractivity contribution in [3.05, 3.63) is 48.2 Å². The molecule has 3 rings (SSSR count). The Hall–Kier alpha value is -2.56. The molecule has 0 spiro atoms. The van der Waals surface area contributed by atoms with Crippen LogP contribution in [0.5, 0.6) is 5.88 Å². The average Bonchev–Trinajstić information content (AvgIpc) is 2.95. The van der Waals surface area contributed by atoms with E-state index in [0.29, 0.717) is 19.0 Å². The molecule has 1 aromatic carbocycles. The number of fused-ring (bicyclic) bond motifs is 1. The van der Waals surface area contributed by atoms with E-state index in [-0.39, 0.29) is 0 Å². The molecule has 5 heteroatoms. The van der Waals surface area contributed by atoms with Gasteiger partial charge in [0.2, 0.25) is 11.8 Å². The summed E-state index contributed by atoms with van der Waals surface area (Å²) in [4.78, 5) is 12.0. The quantitative estimate of drug-likeness (QED) is 0.727. The second kappa shape index (κ2) is 6.26. The lowest BCUT2D eigenvalue weighted by Crippen LogP contribution is -2.02. The second-order valence-corrected chi connectivity index (χ2v) is 4.81. The first kappa shape index (κ1) is 13.4. The highest BCUT2D eigenvalue weighted by Gasteiger charge is 2.02. The van der Waals surface area contributed by atoms with Gasteiger partial charge in [-0.05, 0) is 24.1 Å². The Morgan fingerprint density at radius 3 is 2.86 bits per heavy atom. The van der Waals surface area contributed by atoms with Crippen LogP contribution in [0.25, 0.3) is 11.0 Å². The van der Waals surface area contributed by atoms with E-state index < -0.39 is 0 Å². The Morgan fingerprint density at radius 2 is 2.10 bits per heavy atom. The number of imidazole rings is 1. The molecule has 108 valence electrons. The van der Waals surface area contributed by atoms with Gasteiger partial charge in [0.05, 0.1) is 17.6 Å². The lowest BCUT2D eigenvalue weighted by molar-refractivity contribution is 0.305. The van der Waals surface area contributed by atoms with Gasteiger partial charge in [-0.1, -0.05) is 25.1 Å². The fourth-order valence-electron chi connectivity index (χ4n) is 2.03. The summed E-state index contributed by atoms with van der Waals surface area (Å²) >= 11 is 0. The van der Waals surface area contributed by atoms with E-state index in [0.717, 1.165) is 29.0 Å². The van der Waals surface area contributed by atoms with Crippen LogP contribution in [0.2, 0.25) is 0 Å². The maximum absolute atomic E-state index is 5.46. The summed E-state index contributed by atoms with van der Waals surface area (Å²) in [5.74, 6) is 1.44. The summed E-state index contributed by atoms with van der Waals surface area (Å²) in [5, 5.41) is 3.27. The van der Waals surface area contributed by atoms with Crippen molar-refractivity contribution < 1.29 is 4.74 Å². The Labute approximate surface area is 123 Å². The van der Waals surface area contributed by atoms with Gasteiger partial charge in [-0.3, -0.25) is 0 Å². The number of H-pyrrole nitrogens is 1. The smallest absolute Gasteiger partial charge is 0.213 e. The highest BCUT2D eigenvalue weighted by atomic mass is 16.5. The van der Waals surface area contributed by atoms with Crippen LogP contribution in [-0.2, 0) is 6.54 Å². The van der Waals surface area contributed by atoms with Crippen molar-refractivity contribution in [1.82, 2.24) is 15.0 Å². The molecule has 0 aliphatic rings. The Bertz CT molecular complexity index is 673. The van der Waals surface area contributed by atoms with Crippen molar-refractivity contribution >= 4 is 17.0 Å². The lowest BCUT2D eigenvalue weighted by Gasteiger charge is -2.05. The normalized spacial score (nSPS) is 10.7. The maximum atomic E-state index is 5.46. The number of hydrogen-bond donors (Lipinski definition) is 2. The van der Waals surface area contributed by atoms with Gasteiger partial charge in [-0.2, -0.15) is 0 Å². The Balaban J connectivity index is 1.61. The Morgan fingerprint density at radius 1 is 1.19 bits per heavy atom. The third-order valence-electron chi connectivity index (χ3n) is 3.10. The van der Waals surface area contributed by atoms with Crippen molar-refractivity contribution in [2.24, 2.45) is 0 Å². The first-order chi connectivity index (χ1) is 10.3. The van der Waals surface area contributed by atoms with Gasteiger partial charge in [0.1, 0.15) is 0 Å². The van der Waals surface area contributed by atoms with Crippen molar-refractivity contribution in [3.8, 4) is 5.88 Å². The van der Waals surface area contributed by atoms with Gasteiger partial charge in [0.25, 0.3) is 0 Å². The number of nitrogens with zero attached hydrogens (tertiary/aromatic N) is 2. The summed E-state index contributed by atoms with van der Waals surface area (Å²) < 4.78 is 5.46. The number of anilines is 1. The van der Waals surface area contributed by atoms with Gasteiger partial charge in [0.15, 0.2) is 0 Å². The van der Waals surface area contributed by atoms with Crippen LogP contribution >= 0.6 is 0 Å². The summed E-state index contributed by atoms with van der Waals surface area (Å²) in [5.41, 5.74) is 3.07. The maximum Gasteiger partial charge on any atom is 0.213 e.